The second-order valence-corrected chi connectivity index (χ2v) is 8.33. The van der Waals surface area contributed by atoms with Gasteiger partial charge in [0.25, 0.3) is 0 Å². The summed E-state index contributed by atoms with van der Waals surface area (Å²) < 4.78 is 5.39. The number of carbonyl (C=O) groups is 1. The largest absolute Gasteiger partial charge is 0.444 e. The van der Waals surface area contributed by atoms with Gasteiger partial charge in [-0.25, -0.2) is 4.79 Å². The number of amides is 1. The first-order valence-corrected chi connectivity index (χ1v) is 9.22. The van der Waals surface area contributed by atoms with Crippen LogP contribution in [0.2, 0.25) is 0 Å². The van der Waals surface area contributed by atoms with Gasteiger partial charge in [0.2, 0.25) is 0 Å². The van der Waals surface area contributed by atoms with Gasteiger partial charge in [0.05, 0.1) is 0 Å². The van der Waals surface area contributed by atoms with Crippen LogP contribution >= 0.6 is 0 Å². The summed E-state index contributed by atoms with van der Waals surface area (Å²) in [6.45, 7) is 14.9. The molecular weight excluding hydrogens is 290 g/mol. The maximum absolute atomic E-state index is 12.0. The van der Waals surface area contributed by atoms with E-state index < -0.39 is 5.60 Å². The highest BCUT2D eigenvalue weighted by atomic mass is 16.6. The summed E-state index contributed by atoms with van der Waals surface area (Å²) in [4.78, 5) is 17.2. The van der Waals surface area contributed by atoms with Crippen LogP contribution in [-0.4, -0.2) is 65.8 Å². The predicted molar refractivity (Wildman–Crippen MR) is 93.7 cm³/mol. The average Bonchev–Trinajstić information content (AvgIpc) is 2.45. The molecule has 2 fully saturated rings. The summed E-state index contributed by atoms with van der Waals surface area (Å²) in [5, 5.41) is 3.07. The monoisotopic (exact) mass is 325 g/mol. The Hall–Kier alpha value is -0.810. The normalized spacial score (nSPS) is 27.9. The molecule has 0 radical (unpaired) electrons. The van der Waals surface area contributed by atoms with Crippen molar-refractivity contribution >= 4 is 6.09 Å². The second-order valence-electron chi connectivity index (χ2n) is 8.33. The molecule has 0 aromatic carbocycles. The fourth-order valence-electron chi connectivity index (χ4n) is 3.72. The first-order chi connectivity index (χ1) is 10.7. The molecule has 1 N–H and O–H groups in total. The SMILES string of the molecule is CC(C)N1CCN(C2CCCC(NC(=O)OC(C)(C)C)C2)CC1. The molecule has 0 aromatic heterocycles. The maximum Gasteiger partial charge on any atom is 0.407 e. The Bertz CT molecular complexity index is 384. The van der Waals surface area contributed by atoms with Gasteiger partial charge >= 0.3 is 6.09 Å². The third-order valence-electron chi connectivity index (χ3n) is 4.96. The van der Waals surface area contributed by atoms with Crippen LogP contribution in [0.15, 0.2) is 0 Å². The van der Waals surface area contributed by atoms with Gasteiger partial charge in [-0.15, -0.1) is 0 Å². The fraction of sp³-hybridized carbons (Fsp3) is 0.944. The van der Waals surface area contributed by atoms with Gasteiger partial charge in [-0.3, -0.25) is 9.80 Å². The van der Waals surface area contributed by atoms with Crippen molar-refractivity contribution < 1.29 is 9.53 Å². The number of alkyl carbamates (subject to hydrolysis) is 1. The van der Waals surface area contributed by atoms with Crippen LogP contribution in [0.3, 0.4) is 0 Å². The highest BCUT2D eigenvalue weighted by Crippen LogP contribution is 2.25. The molecule has 1 aliphatic heterocycles. The number of piperazine rings is 1. The van der Waals surface area contributed by atoms with Crippen LogP contribution in [0, 0.1) is 0 Å². The number of rotatable bonds is 3. The summed E-state index contributed by atoms with van der Waals surface area (Å²) >= 11 is 0. The Kier molecular flexibility index (Phi) is 6.32. The van der Waals surface area contributed by atoms with Crippen molar-refractivity contribution in [2.24, 2.45) is 0 Å². The van der Waals surface area contributed by atoms with E-state index in [0.717, 1.165) is 25.9 Å². The molecule has 1 amide bonds. The third-order valence-corrected chi connectivity index (χ3v) is 4.96. The van der Waals surface area contributed by atoms with Gasteiger partial charge in [-0.05, 0) is 60.3 Å². The topological polar surface area (TPSA) is 44.8 Å². The van der Waals surface area contributed by atoms with Crippen molar-refractivity contribution in [1.82, 2.24) is 15.1 Å². The molecule has 0 aromatic rings. The molecule has 0 bridgehead atoms. The van der Waals surface area contributed by atoms with Crippen molar-refractivity contribution in [3.8, 4) is 0 Å². The lowest BCUT2D eigenvalue weighted by Gasteiger charge is -2.43. The molecule has 5 nitrogen and oxygen atoms in total. The Balaban J connectivity index is 1.79. The number of carbonyl (C=O) groups excluding carboxylic acids is 1. The van der Waals surface area contributed by atoms with Crippen LogP contribution in [0.25, 0.3) is 0 Å². The van der Waals surface area contributed by atoms with E-state index in [2.05, 4.69) is 29.0 Å². The highest BCUT2D eigenvalue weighted by Gasteiger charge is 2.30. The minimum Gasteiger partial charge on any atom is -0.444 e. The quantitative estimate of drug-likeness (QED) is 0.866. The predicted octanol–water partition coefficient (Wildman–Crippen LogP) is 2.85. The lowest BCUT2D eigenvalue weighted by atomic mass is 9.89. The van der Waals surface area contributed by atoms with Crippen LogP contribution < -0.4 is 5.32 Å². The molecule has 1 heterocycles. The zero-order valence-electron chi connectivity index (χ0n) is 15.6. The molecule has 5 heteroatoms. The van der Waals surface area contributed by atoms with Gasteiger partial charge in [-0.2, -0.15) is 0 Å². The zero-order valence-corrected chi connectivity index (χ0v) is 15.6. The van der Waals surface area contributed by atoms with Gasteiger partial charge in [-0.1, -0.05) is 0 Å². The maximum atomic E-state index is 12.0. The number of hydrogen-bond acceptors (Lipinski definition) is 4. The van der Waals surface area contributed by atoms with Crippen molar-refractivity contribution in [2.75, 3.05) is 26.2 Å². The summed E-state index contributed by atoms with van der Waals surface area (Å²) in [6.07, 6.45) is 4.31. The number of ether oxygens (including phenoxy) is 1. The van der Waals surface area contributed by atoms with Crippen molar-refractivity contribution in [2.45, 2.75) is 84.0 Å². The Labute approximate surface area is 141 Å². The molecule has 1 saturated heterocycles. The lowest BCUT2D eigenvalue weighted by Crippen LogP contribution is -2.54. The summed E-state index contributed by atoms with van der Waals surface area (Å²) in [6, 6.07) is 1.51. The number of nitrogens with zero attached hydrogens (tertiary/aromatic N) is 2. The third kappa shape index (κ3) is 5.96. The van der Waals surface area contributed by atoms with Crippen LogP contribution in [0.1, 0.15) is 60.3 Å². The molecule has 2 rings (SSSR count). The summed E-state index contributed by atoms with van der Waals surface area (Å²) in [5.74, 6) is 0. The molecule has 0 spiro atoms. The fourth-order valence-corrected chi connectivity index (χ4v) is 3.72. The van der Waals surface area contributed by atoms with E-state index in [9.17, 15) is 4.79 Å². The van der Waals surface area contributed by atoms with Crippen LogP contribution in [0.4, 0.5) is 4.79 Å². The zero-order chi connectivity index (χ0) is 17.0. The molecule has 2 atom stereocenters. The minimum absolute atomic E-state index is 0.256. The molecule has 134 valence electrons. The van der Waals surface area contributed by atoms with Gasteiger partial charge in [0, 0.05) is 44.3 Å². The number of hydrogen-bond donors (Lipinski definition) is 1. The van der Waals surface area contributed by atoms with Crippen LogP contribution in [0.5, 0.6) is 0 Å². The minimum atomic E-state index is -0.425. The summed E-state index contributed by atoms with van der Waals surface area (Å²) in [5.41, 5.74) is -0.425. The molecule has 2 unspecified atom stereocenters. The van der Waals surface area contributed by atoms with E-state index in [4.69, 9.17) is 4.74 Å². The number of nitrogens with one attached hydrogen (secondary N) is 1. The first kappa shape index (κ1) is 18.5. The Morgan fingerprint density at radius 3 is 2.35 bits per heavy atom. The Morgan fingerprint density at radius 1 is 1.13 bits per heavy atom. The van der Waals surface area contributed by atoms with E-state index in [1.165, 1.54) is 25.9 Å². The van der Waals surface area contributed by atoms with E-state index >= 15 is 0 Å². The van der Waals surface area contributed by atoms with Crippen molar-refractivity contribution in [1.29, 1.82) is 0 Å². The second kappa shape index (κ2) is 7.84. The van der Waals surface area contributed by atoms with Crippen LogP contribution in [-0.2, 0) is 4.74 Å². The van der Waals surface area contributed by atoms with E-state index in [-0.39, 0.29) is 12.1 Å². The van der Waals surface area contributed by atoms with E-state index in [0.29, 0.717) is 12.1 Å². The van der Waals surface area contributed by atoms with Gasteiger partial charge in [0.15, 0.2) is 0 Å². The van der Waals surface area contributed by atoms with E-state index in [1.807, 2.05) is 20.8 Å². The molecule has 23 heavy (non-hydrogen) atoms. The molecule has 1 aliphatic carbocycles. The summed E-state index contributed by atoms with van der Waals surface area (Å²) in [7, 11) is 0. The lowest BCUT2D eigenvalue weighted by molar-refractivity contribution is 0.0407. The van der Waals surface area contributed by atoms with Gasteiger partial charge < -0.3 is 10.1 Å². The molecule has 1 saturated carbocycles. The first-order valence-electron chi connectivity index (χ1n) is 9.22. The Morgan fingerprint density at radius 2 is 1.78 bits per heavy atom. The molecule has 2 aliphatic rings. The highest BCUT2D eigenvalue weighted by molar-refractivity contribution is 5.68. The van der Waals surface area contributed by atoms with E-state index in [1.54, 1.807) is 0 Å². The van der Waals surface area contributed by atoms with Crippen molar-refractivity contribution in [3.63, 3.8) is 0 Å². The van der Waals surface area contributed by atoms with Crippen molar-refractivity contribution in [3.05, 3.63) is 0 Å². The standard InChI is InChI=1S/C18H35N3O2/c1-14(2)20-9-11-21(12-10-20)16-8-6-7-15(13-16)19-17(22)23-18(3,4)5/h14-16H,6-13H2,1-5H3,(H,19,22). The smallest absolute Gasteiger partial charge is 0.407 e. The molecular formula is C18H35N3O2. The van der Waals surface area contributed by atoms with Gasteiger partial charge in [0.1, 0.15) is 5.60 Å². The average molecular weight is 325 g/mol.